The highest BCUT2D eigenvalue weighted by Crippen LogP contribution is 2.69. The number of thioether (sulfide) groups is 1. The number of aryl methyl sites for hydroxylation is 1. The van der Waals surface area contributed by atoms with Crippen molar-refractivity contribution in [1.82, 2.24) is 4.98 Å². The molecular formula is C34H28ClN3O5S2. The molecule has 1 aromatic heterocycles. The summed E-state index contributed by atoms with van der Waals surface area (Å²) in [6.07, 6.45) is 0.767. The van der Waals surface area contributed by atoms with Gasteiger partial charge in [-0.15, -0.1) is 11.8 Å². The molecule has 2 bridgehead atoms. The smallest absolute Gasteiger partial charge is 0.305 e. The van der Waals surface area contributed by atoms with Crippen LogP contribution < -0.4 is 19.8 Å². The summed E-state index contributed by atoms with van der Waals surface area (Å²) >= 11 is 9.37. The lowest BCUT2D eigenvalue weighted by Gasteiger charge is -2.43. The van der Waals surface area contributed by atoms with Gasteiger partial charge in [-0.25, -0.2) is 0 Å². The monoisotopic (exact) mass is 657 g/mol. The molecule has 2 N–H and O–H groups in total. The van der Waals surface area contributed by atoms with E-state index in [4.69, 9.17) is 16.3 Å². The number of hydrogen-bond donors (Lipinski definition) is 2. The average Bonchev–Trinajstić information content (AvgIpc) is 3.75. The number of carbonyl (C=O) groups is 3. The van der Waals surface area contributed by atoms with Crippen LogP contribution in [0.5, 0.6) is 5.75 Å². The summed E-state index contributed by atoms with van der Waals surface area (Å²) in [5.74, 6) is -1.29. The number of hydrogen-bond acceptors (Lipinski definition) is 7. The topological polar surface area (TPSA) is 109 Å². The maximum atomic E-state index is 14.0. The lowest BCUT2D eigenvalue weighted by Crippen LogP contribution is -2.42. The van der Waals surface area contributed by atoms with Gasteiger partial charge in [-0.2, -0.15) is 0 Å². The number of thiazole rings is 1. The molecule has 3 fully saturated rings. The van der Waals surface area contributed by atoms with E-state index in [1.165, 1.54) is 4.90 Å². The standard InChI is InChI=1S/C34H28ClN3O5S2/c1-16-6-5-7-18(12-16)36-24(39)15-43-23-11-10-17(35)13-20(23)25-26-21-14-22(29(26)44-31-30(25)45-34(42)37-31)28-27(21)32(40)38(33(28)41)19-8-3-2-4-9-19/h2-13,21-22,25-29H,14-15H2,1H3,(H,36,39)(H,37,42)/t21?,22?,25-,26?,27?,28?,29?/m1/s1. The molecule has 0 radical (unpaired) electrons. The van der Waals surface area contributed by atoms with Crippen LogP contribution in [0.2, 0.25) is 5.02 Å². The summed E-state index contributed by atoms with van der Waals surface area (Å²) in [5.41, 5.74) is 3.10. The van der Waals surface area contributed by atoms with E-state index in [9.17, 15) is 19.2 Å². The Morgan fingerprint density at radius 1 is 1.00 bits per heavy atom. The van der Waals surface area contributed by atoms with Crippen LogP contribution in [-0.4, -0.2) is 34.6 Å². The van der Waals surface area contributed by atoms with E-state index in [0.29, 0.717) is 22.1 Å². The number of carbonyl (C=O) groups excluding carboxylic acids is 3. The number of rotatable bonds is 6. The van der Waals surface area contributed by atoms with Gasteiger partial charge in [0, 0.05) is 32.3 Å². The minimum Gasteiger partial charge on any atom is -0.483 e. The third-order valence-corrected chi connectivity index (χ3v) is 12.5. The fraction of sp³-hybridized carbons (Fsp3) is 0.294. The summed E-state index contributed by atoms with van der Waals surface area (Å²) in [6.45, 7) is 1.74. The molecule has 1 saturated heterocycles. The van der Waals surface area contributed by atoms with Crippen molar-refractivity contribution >= 4 is 63.8 Å². The Morgan fingerprint density at radius 3 is 2.56 bits per heavy atom. The van der Waals surface area contributed by atoms with Gasteiger partial charge < -0.3 is 15.0 Å². The number of anilines is 2. The van der Waals surface area contributed by atoms with Crippen LogP contribution >= 0.6 is 34.7 Å². The number of aromatic amines is 1. The Hall–Kier alpha value is -3.86. The Morgan fingerprint density at radius 2 is 1.78 bits per heavy atom. The number of fused-ring (bicyclic) bond motifs is 9. The maximum absolute atomic E-state index is 14.0. The van der Waals surface area contributed by atoms with E-state index >= 15 is 0 Å². The molecule has 2 saturated carbocycles. The van der Waals surface area contributed by atoms with Gasteiger partial charge in [0.05, 0.1) is 22.5 Å². The van der Waals surface area contributed by atoms with Crippen molar-refractivity contribution in [2.24, 2.45) is 29.6 Å². The zero-order valence-corrected chi connectivity index (χ0v) is 26.5. The van der Waals surface area contributed by atoms with Crippen LogP contribution in [-0.2, 0) is 14.4 Å². The fourth-order valence-electron chi connectivity index (χ4n) is 8.15. The molecule has 2 aliphatic carbocycles. The lowest BCUT2D eigenvalue weighted by molar-refractivity contribution is -0.123. The van der Waals surface area contributed by atoms with Crippen LogP contribution in [0.1, 0.15) is 28.3 Å². The summed E-state index contributed by atoms with van der Waals surface area (Å²) in [4.78, 5) is 58.5. The Bertz CT molecular complexity index is 1930. The van der Waals surface area contributed by atoms with Gasteiger partial charge in [-0.05, 0) is 79.1 Å². The molecule has 3 aromatic carbocycles. The van der Waals surface area contributed by atoms with E-state index in [1.54, 1.807) is 36.0 Å². The highest BCUT2D eigenvalue weighted by molar-refractivity contribution is 8.00. The number of nitrogens with one attached hydrogen (secondary N) is 2. The summed E-state index contributed by atoms with van der Waals surface area (Å²) in [6, 6.07) is 22.0. The lowest BCUT2D eigenvalue weighted by atomic mass is 9.68. The first-order chi connectivity index (χ1) is 21.8. The number of imide groups is 1. The Balaban J connectivity index is 1.15. The highest BCUT2D eigenvalue weighted by atomic mass is 35.5. The van der Waals surface area contributed by atoms with Crippen molar-refractivity contribution in [3.8, 4) is 5.75 Å². The summed E-state index contributed by atoms with van der Waals surface area (Å²) in [5, 5.41) is 4.19. The summed E-state index contributed by atoms with van der Waals surface area (Å²) < 4.78 is 6.17. The number of benzene rings is 3. The van der Waals surface area contributed by atoms with E-state index < -0.39 is 5.92 Å². The molecule has 45 heavy (non-hydrogen) atoms. The van der Waals surface area contributed by atoms with E-state index in [0.717, 1.165) is 38.8 Å². The number of nitrogens with zero attached hydrogens (tertiary/aromatic N) is 1. The second-order valence-corrected chi connectivity index (χ2v) is 14.8. The number of aromatic nitrogens is 1. The first-order valence-electron chi connectivity index (χ1n) is 14.9. The predicted molar refractivity (Wildman–Crippen MR) is 174 cm³/mol. The minimum atomic E-state index is -0.423. The van der Waals surface area contributed by atoms with Crippen LogP contribution in [0.4, 0.5) is 11.4 Å². The quantitative estimate of drug-likeness (QED) is 0.243. The van der Waals surface area contributed by atoms with Crippen molar-refractivity contribution in [2.75, 3.05) is 16.8 Å². The van der Waals surface area contributed by atoms with Gasteiger partial charge in [0.25, 0.3) is 5.91 Å². The Kier molecular flexibility index (Phi) is 6.92. The molecule has 4 aliphatic rings. The molecular weight excluding hydrogens is 630 g/mol. The van der Waals surface area contributed by atoms with Crippen LogP contribution in [0.15, 0.2) is 82.6 Å². The number of H-pyrrole nitrogens is 1. The molecule has 7 atom stereocenters. The van der Waals surface area contributed by atoms with Crippen LogP contribution in [0.25, 0.3) is 0 Å². The highest BCUT2D eigenvalue weighted by Gasteiger charge is 2.69. The summed E-state index contributed by atoms with van der Waals surface area (Å²) in [7, 11) is 0. The number of para-hydroxylation sites is 1. The van der Waals surface area contributed by atoms with Crippen molar-refractivity contribution in [2.45, 2.75) is 29.5 Å². The third kappa shape index (κ3) is 4.64. The van der Waals surface area contributed by atoms with Gasteiger partial charge >= 0.3 is 4.87 Å². The van der Waals surface area contributed by atoms with E-state index in [2.05, 4.69) is 10.3 Å². The number of ether oxygens (including phenoxy) is 1. The largest absolute Gasteiger partial charge is 0.483 e. The van der Waals surface area contributed by atoms with Gasteiger partial charge in [0.15, 0.2) is 6.61 Å². The number of halogens is 1. The maximum Gasteiger partial charge on any atom is 0.305 e. The van der Waals surface area contributed by atoms with Crippen LogP contribution in [0.3, 0.4) is 0 Å². The van der Waals surface area contributed by atoms with E-state index in [1.807, 2.05) is 55.5 Å². The molecule has 3 heterocycles. The van der Waals surface area contributed by atoms with Crippen LogP contribution in [0, 0.1) is 36.5 Å². The van der Waals surface area contributed by atoms with Crippen molar-refractivity contribution < 1.29 is 19.1 Å². The molecule has 3 amide bonds. The fourth-order valence-corrected chi connectivity index (χ4v) is 11.2. The zero-order chi connectivity index (χ0) is 31.0. The second-order valence-electron chi connectivity index (χ2n) is 12.2. The SMILES string of the molecule is Cc1cccc(NC(=O)COc2ccc(Cl)cc2[C@H]2c3sc(=O)[nH]c3SC3C4CC(C5C(=O)N(c6ccccc6)C(=O)C45)C32)c1. The van der Waals surface area contributed by atoms with E-state index in [-0.39, 0.29) is 64.0 Å². The van der Waals surface area contributed by atoms with Crippen molar-refractivity contribution in [3.05, 3.63) is 103 Å². The normalized spacial score (nSPS) is 27.7. The van der Waals surface area contributed by atoms with Crippen molar-refractivity contribution in [1.29, 1.82) is 0 Å². The third-order valence-electron chi connectivity index (χ3n) is 9.71. The predicted octanol–water partition coefficient (Wildman–Crippen LogP) is 6.09. The Labute approximate surface area is 272 Å². The molecule has 228 valence electrons. The molecule has 6 unspecified atom stereocenters. The van der Waals surface area contributed by atoms with Gasteiger partial charge in [0.1, 0.15) is 5.75 Å². The first-order valence-corrected chi connectivity index (χ1v) is 17.0. The second kappa shape index (κ2) is 10.9. The first kappa shape index (κ1) is 28.6. The molecule has 4 aromatic rings. The molecule has 0 spiro atoms. The van der Waals surface area contributed by atoms with Gasteiger partial charge in [0.2, 0.25) is 11.8 Å². The van der Waals surface area contributed by atoms with Gasteiger partial charge in [-0.3, -0.25) is 24.1 Å². The molecule has 8 rings (SSSR count). The van der Waals surface area contributed by atoms with Crippen molar-refractivity contribution in [3.63, 3.8) is 0 Å². The molecule has 11 heteroatoms. The number of amides is 3. The molecule has 8 nitrogen and oxygen atoms in total. The van der Waals surface area contributed by atoms with Gasteiger partial charge in [-0.1, -0.05) is 53.3 Å². The average molecular weight is 658 g/mol. The zero-order valence-electron chi connectivity index (χ0n) is 24.1. The minimum absolute atomic E-state index is 0.0112. The molecule has 2 aliphatic heterocycles.